The van der Waals surface area contributed by atoms with Crippen molar-refractivity contribution in [3.05, 3.63) is 11.9 Å². The van der Waals surface area contributed by atoms with Crippen LogP contribution in [-0.4, -0.2) is 27.9 Å². The first-order valence-electron chi connectivity index (χ1n) is 3.15. The Kier molecular flexibility index (Phi) is 2.10. The first kappa shape index (κ1) is 7.59. The number of carbonyl (C=O) groups excluding carboxylic acids is 1. The van der Waals surface area contributed by atoms with Crippen LogP contribution in [0.4, 0.5) is 0 Å². The molecule has 0 bridgehead atoms. The third kappa shape index (κ3) is 1.49. The summed E-state index contributed by atoms with van der Waals surface area (Å²) in [6.07, 6.45) is 1.15. The van der Waals surface area contributed by atoms with Crippen LogP contribution in [0.5, 0.6) is 5.75 Å². The molecule has 1 heterocycles. The Morgan fingerprint density at radius 1 is 1.91 bits per heavy atom. The number of aromatic hydroxyl groups is 1. The van der Waals surface area contributed by atoms with Crippen LogP contribution in [-0.2, 0) is 4.74 Å². The number of carbonyl (C=O) groups is 1. The van der Waals surface area contributed by atoms with Gasteiger partial charge in [0.05, 0.1) is 12.8 Å². The van der Waals surface area contributed by atoms with Crippen molar-refractivity contribution in [1.29, 1.82) is 0 Å². The van der Waals surface area contributed by atoms with E-state index in [1.807, 2.05) is 0 Å². The van der Waals surface area contributed by atoms with Gasteiger partial charge < -0.3 is 9.84 Å². The lowest BCUT2D eigenvalue weighted by molar-refractivity contribution is 0.0516. The molecule has 1 rings (SSSR count). The van der Waals surface area contributed by atoms with Crippen LogP contribution in [0.25, 0.3) is 0 Å². The summed E-state index contributed by atoms with van der Waals surface area (Å²) in [5.41, 5.74) is -0.00755. The van der Waals surface area contributed by atoms with Crippen LogP contribution >= 0.6 is 0 Å². The number of esters is 1. The number of nitrogens with one attached hydrogen (secondary N) is 1. The molecule has 0 saturated carbocycles. The number of ether oxygens (including phenoxy) is 1. The Labute approximate surface area is 63.0 Å². The number of aromatic nitrogens is 2. The Morgan fingerprint density at radius 3 is 3.09 bits per heavy atom. The predicted molar refractivity (Wildman–Crippen MR) is 36.2 cm³/mol. The average Bonchev–Trinajstić information content (AvgIpc) is 2.36. The fourth-order valence-electron chi connectivity index (χ4n) is 0.633. The lowest BCUT2D eigenvalue weighted by Crippen LogP contribution is -2.05. The van der Waals surface area contributed by atoms with Gasteiger partial charge in [0.25, 0.3) is 0 Å². The van der Waals surface area contributed by atoms with Crippen molar-refractivity contribution in [1.82, 2.24) is 10.2 Å². The van der Waals surface area contributed by atoms with Crippen LogP contribution in [0.3, 0.4) is 0 Å². The minimum atomic E-state index is -0.595. The van der Waals surface area contributed by atoms with Gasteiger partial charge in [-0.1, -0.05) is 0 Å². The van der Waals surface area contributed by atoms with E-state index in [4.69, 9.17) is 5.11 Å². The molecule has 0 aliphatic carbocycles. The second kappa shape index (κ2) is 3.05. The molecule has 0 aromatic carbocycles. The number of nitrogens with zero attached hydrogens (tertiary/aromatic N) is 1. The highest BCUT2D eigenvalue weighted by Crippen LogP contribution is 2.12. The summed E-state index contributed by atoms with van der Waals surface area (Å²) >= 11 is 0. The topological polar surface area (TPSA) is 75.2 Å². The second-order valence-electron chi connectivity index (χ2n) is 1.85. The summed E-state index contributed by atoms with van der Waals surface area (Å²) < 4.78 is 4.60. The molecule has 60 valence electrons. The van der Waals surface area contributed by atoms with Gasteiger partial charge in [0.2, 0.25) is 0 Å². The van der Waals surface area contributed by atoms with Gasteiger partial charge in [-0.25, -0.2) is 4.79 Å². The molecule has 0 fully saturated rings. The molecule has 5 heteroatoms. The average molecular weight is 156 g/mol. The van der Waals surface area contributed by atoms with Crippen LogP contribution in [0.15, 0.2) is 6.20 Å². The van der Waals surface area contributed by atoms with E-state index in [1.54, 1.807) is 6.92 Å². The van der Waals surface area contributed by atoms with Crippen LogP contribution in [0.1, 0.15) is 17.4 Å². The van der Waals surface area contributed by atoms with Gasteiger partial charge in [0.1, 0.15) is 0 Å². The van der Waals surface area contributed by atoms with Crippen molar-refractivity contribution in [2.75, 3.05) is 6.61 Å². The smallest absolute Gasteiger partial charge is 0.360 e. The number of H-pyrrole nitrogens is 1. The van der Waals surface area contributed by atoms with Gasteiger partial charge in [-0.05, 0) is 6.92 Å². The minimum absolute atomic E-state index is 0.00755. The fourth-order valence-corrected chi connectivity index (χ4v) is 0.633. The van der Waals surface area contributed by atoms with Crippen molar-refractivity contribution in [3.8, 4) is 5.75 Å². The maximum absolute atomic E-state index is 10.9. The normalized spacial score (nSPS) is 9.55. The lowest BCUT2D eigenvalue weighted by Gasteiger charge is -1.97. The Bertz CT molecular complexity index is 256. The number of aromatic amines is 1. The van der Waals surface area contributed by atoms with E-state index in [0.29, 0.717) is 0 Å². The first-order valence-corrected chi connectivity index (χ1v) is 3.15. The number of rotatable bonds is 2. The van der Waals surface area contributed by atoms with Gasteiger partial charge >= 0.3 is 5.97 Å². The molecule has 1 aromatic rings. The maximum Gasteiger partial charge on any atom is 0.360 e. The summed E-state index contributed by atoms with van der Waals surface area (Å²) in [7, 11) is 0. The van der Waals surface area contributed by atoms with E-state index < -0.39 is 5.97 Å². The molecule has 0 saturated heterocycles. The van der Waals surface area contributed by atoms with E-state index in [2.05, 4.69) is 14.9 Å². The standard InChI is InChI=1S/C6H8N2O3/c1-2-11-6(10)5-4(9)3-7-8-5/h3,9H,2H2,1H3,(H,7,8). The highest BCUT2D eigenvalue weighted by molar-refractivity contribution is 5.89. The number of hydrogen-bond acceptors (Lipinski definition) is 4. The molecule has 0 atom stereocenters. The van der Waals surface area contributed by atoms with E-state index in [9.17, 15) is 4.79 Å². The highest BCUT2D eigenvalue weighted by Gasteiger charge is 2.13. The van der Waals surface area contributed by atoms with Crippen molar-refractivity contribution in [2.45, 2.75) is 6.92 Å². The first-order chi connectivity index (χ1) is 5.25. The Balaban J connectivity index is 2.76. The summed E-state index contributed by atoms with van der Waals surface area (Å²) in [6.45, 7) is 1.96. The van der Waals surface area contributed by atoms with Crippen molar-refractivity contribution in [2.24, 2.45) is 0 Å². The molecular weight excluding hydrogens is 148 g/mol. The third-order valence-corrected chi connectivity index (χ3v) is 1.10. The molecule has 0 radical (unpaired) electrons. The van der Waals surface area contributed by atoms with Crippen molar-refractivity contribution >= 4 is 5.97 Å². The summed E-state index contributed by atoms with van der Waals surface area (Å²) in [5, 5.41) is 14.7. The third-order valence-electron chi connectivity index (χ3n) is 1.10. The highest BCUT2D eigenvalue weighted by atomic mass is 16.5. The molecule has 1 aromatic heterocycles. The maximum atomic E-state index is 10.9. The molecule has 0 aliphatic heterocycles. The zero-order valence-corrected chi connectivity index (χ0v) is 6.00. The van der Waals surface area contributed by atoms with E-state index in [0.717, 1.165) is 6.20 Å². The van der Waals surface area contributed by atoms with Gasteiger partial charge in [0, 0.05) is 0 Å². The fraction of sp³-hybridized carbons (Fsp3) is 0.333. The second-order valence-corrected chi connectivity index (χ2v) is 1.85. The van der Waals surface area contributed by atoms with E-state index in [1.165, 1.54) is 0 Å². The monoisotopic (exact) mass is 156 g/mol. The molecular formula is C6H8N2O3. The Morgan fingerprint density at radius 2 is 2.64 bits per heavy atom. The van der Waals surface area contributed by atoms with Gasteiger partial charge in [-0.2, -0.15) is 5.10 Å². The zero-order valence-electron chi connectivity index (χ0n) is 6.00. The summed E-state index contributed by atoms with van der Waals surface area (Å²) in [5.74, 6) is -0.786. The van der Waals surface area contributed by atoms with Crippen molar-refractivity contribution < 1.29 is 14.6 Å². The molecule has 0 amide bonds. The van der Waals surface area contributed by atoms with Gasteiger partial charge in [0.15, 0.2) is 11.4 Å². The van der Waals surface area contributed by atoms with E-state index in [-0.39, 0.29) is 18.1 Å². The molecule has 0 spiro atoms. The van der Waals surface area contributed by atoms with E-state index >= 15 is 0 Å². The molecule has 11 heavy (non-hydrogen) atoms. The van der Waals surface area contributed by atoms with Crippen LogP contribution in [0.2, 0.25) is 0 Å². The quantitative estimate of drug-likeness (QED) is 0.603. The molecule has 0 aliphatic rings. The van der Waals surface area contributed by atoms with Crippen LogP contribution < -0.4 is 0 Å². The summed E-state index contributed by atoms with van der Waals surface area (Å²) in [6, 6.07) is 0. The lowest BCUT2D eigenvalue weighted by atomic mass is 10.4. The predicted octanol–water partition coefficient (Wildman–Crippen LogP) is 0.292. The minimum Gasteiger partial charge on any atom is -0.504 e. The molecule has 0 unspecified atom stereocenters. The zero-order chi connectivity index (χ0) is 8.27. The number of hydrogen-bond donors (Lipinski definition) is 2. The molecule has 5 nitrogen and oxygen atoms in total. The Hall–Kier alpha value is -1.52. The van der Waals surface area contributed by atoms with Gasteiger partial charge in [-0.15, -0.1) is 0 Å². The van der Waals surface area contributed by atoms with Gasteiger partial charge in [-0.3, -0.25) is 5.10 Å². The van der Waals surface area contributed by atoms with Crippen molar-refractivity contribution in [3.63, 3.8) is 0 Å². The largest absolute Gasteiger partial charge is 0.504 e. The van der Waals surface area contributed by atoms with Crippen LogP contribution in [0, 0.1) is 0 Å². The summed E-state index contributed by atoms with van der Waals surface area (Å²) in [4.78, 5) is 10.9. The SMILES string of the molecule is CCOC(=O)c1[nH]ncc1O. The molecule has 2 N–H and O–H groups in total.